The minimum atomic E-state index is -0.360. The molecule has 1 heterocycles. The highest BCUT2D eigenvalue weighted by Crippen LogP contribution is 2.35. The number of carbonyl (C=O) groups is 1. The molecule has 0 saturated heterocycles. The normalized spacial score (nSPS) is 10.8. The predicted molar refractivity (Wildman–Crippen MR) is 71.7 cm³/mol. The number of nitrogens with one attached hydrogen (secondary N) is 1. The number of aromatic nitrogens is 1. The highest BCUT2D eigenvalue weighted by atomic mass is 79.9. The van der Waals surface area contributed by atoms with Crippen LogP contribution in [0.25, 0.3) is 10.9 Å². The van der Waals surface area contributed by atoms with Crippen LogP contribution in [0.5, 0.6) is 0 Å². The lowest BCUT2D eigenvalue weighted by Crippen LogP contribution is -2.04. The minimum Gasteiger partial charge on any atom is -0.464 e. The van der Waals surface area contributed by atoms with E-state index in [2.05, 4.69) is 20.9 Å². The second kappa shape index (κ2) is 4.70. The van der Waals surface area contributed by atoms with Gasteiger partial charge in [-0.3, -0.25) is 0 Å². The van der Waals surface area contributed by atoms with Gasteiger partial charge in [0.2, 0.25) is 0 Å². The van der Waals surface area contributed by atoms with Crippen LogP contribution < -0.4 is 0 Å². The molecule has 5 heteroatoms. The molecule has 2 rings (SSSR count). The maximum Gasteiger partial charge on any atom is 0.354 e. The van der Waals surface area contributed by atoms with Gasteiger partial charge in [-0.05, 0) is 40.0 Å². The Balaban J connectivity index is 2.81. The van der Waals surface area contributed by atoms with Crippen molar-refractivity contribution in [3.63, 3.8) is 0 Å². The smallest absolute Gasteiger partial charge is 0.354 e. The van der Waals surface area contributed by atoms with Crippen LogP contribution in [0.1, 0.15) is 23.0 Å². The third-order valence-corrected chi connectivity index (χ3v) is 4.07. The molecular weight excluding hydrogens is 305 g/mol. The van der Waals surface area contributed by atoms with E-state index in [0.717, 1.165) is 27.4 Å². The number of H-pyrrole nitrogens is 1. The molecule has 0 atom stereocenters. The van der Waals surface area contributed by atoms with E-state index in [1.54, 1.807) is 6.07 Å². The molecule has 0 fully saturated rings. The lowest BCUT2D eigenvalue weighted by molar-refractivity contribution is 0.0594. The van der Waals surface area contributed by atoms with Crippen LogP contribution in [0.3, 0.4) is 0 Å². The largest absolute Gasteiger partial charge is 0.464 e. The molecule has 0 amide bonds. The van der Waals surface area contributed by atoms with Gasteiger partial charge in [0.15, 0.2) is 0 Å². The van der Waals surface area contributed by atoms with Gasteiger partial charge in [0.05, 0.1) is 12.1 Å². The Bertz CT molecular complexity index is 592. The van der Waals surface area contributed by atoms with E-state index >= 15 is 0 Å². The van der Waals surface area contributed by atoms with E-state index in [4.69, 9.17) is 16.3 Å². The van der Waals surface area contributed by atoms with Gasteiger partial charge in [-0.2, -0.15) is 0 Å². The molecule has 0 bridgehead atoms. The first-order chi connectivity index (χ1) is 8.10. The number of benzene rings is 1. The standard InChI is InChI=1S/C12H11BrClNO2/c1-3-6-9-8(5-4-7(14)10(9)13)15-11(6)12(16)17-2/h4-5,15H,3H2,1-2H3. The number of esters is 1. The fourth-order valence-electron chi connectivity index (χ4n) is 1.91. The van der Waals surface area contributed by atoms with Gasteiger partial charge in [-0.25, -0.2) is 4.79 Å². The van der Waals surface area contributed by atoms with Crippen LogP contribution in [0, 0.1) is 0 Å². The summed E-state index contributed by atoms with van der Waals surface area (Å²) in [6.45, 7) is 1.99. The number of ether oxygens (including phenoxy) is 1. The van der Waals surface area contributed by atoms with Gasteiger partial charge < -0.3 is 9.72 Å². The first-order valence-electron chi connectivity index (χ1n) is 5.17. The Morgan fingerprint density at radius 3 is 2.82 bits per heavy atom. The van der Waals surface area contributed by atoms with Crippen molar-refractivity contribution in [3.8, 4) is 0 Å². The van der Waals surface area contributed by atoms with Crippen molar-refractivity contribution < 1.29 is 9.53 Å². The van der Waals surface area contributed by atoms with Gasteiger partial charge in [-0.15, -0.1) is 0 Å². The predicted octanol–water partition coefficient (Wildman–Crippen LogP) is 3.93. The summed E-state index contributed by atoms with van der Waals surface area (Å²) in [5.41, 5.74) is 2.28. The summed E-state index contributed by atoms with van der Waals surface area (Å²) in [6, 6.07) is 3.64. The molecule has 17 heavy (non-hydrogen) atoms. The summed E-state index contributed by atoms with van der Waals surface area (Å²) < 4.78 is 5.57. The fourth-order valence-corrected chi connectivity index (χ4v) is 2.66. The Morgan fingerprint density at radius 2 is 2.24 bits per heavy atom. The van der Waals surface area contributed by atoms with Gasteiger partial charge in [0.1, 0.15) is 5.69 Å². The quantitative estimate of drug-likeness (QED) is 0.853. The van der Waals surface area contributed by atoms with E-state index < -0.39 is 0 Å². The fraction of sp³-hybridized carbons (Fsp3) is 0.250. The van der Waals surface area contributed by atoms with Crippen molar-refractivity contribution in [2.24, 2.45) is 0 Å². The van der Waals surface area contributed by atoms with Gasteiger partial charge in [-0.1, -0.05) is 18.5 Å². The topological polar surface area (TPSA) is 42.1 Å². The summed E-state index contributed by atoms with van der Waals surface area (Å²) in [4.78, 5) is 14.7. The zero-order valence-electron chi connectivity index (χ0n) is 9.43. The van der Waals surface area contributed by atoms with Crippen molar-refractivity contribution in [1.82, 2.24) is 4.98 Å². The SMILES string of the molecule is CCc1c(C(=O)OC)[nH]c2ccc(Cl)c(Br)c12. The Kier molecular flexibility index (Phi) is 3.45. The Hall–Kier alpha value is -1.000. The summed E-state index contributed by atoms with van der Waals surface area (Å²) >= 11 is 9.52. The molecule has 1 N–H and O–H groups in total. The molecule has 0 unspecified atom stereocenters. The van der Waals surface area contributed by atoms with E-state index in [-0.39, 0.29) is 5.97 Å². The van der Waals surface area contributed by atoms with Crippen molar-refractivity contribution in [2.45, 2.75) is 13.3 Å². The average molecular weight is 317 g/mol. The van der Waals surface area contributed by atoms with Crippen molar-refractivity contribution >= 4 is 44.4 Å². The maximum absolute atomic E-state index is 11.7. The van der Waals surface area contributed by atoms with Crippen LogP contribution in [-0.2, 0) is 11.2 Å². The molecule has 1 aromatic carbocycles. The van der Waals surface area contributed by atoms with Gasteiger partial charge >= 0.3 is 5.97 Å². The number of hydrogen-bond donors (Lipinski definition) is 1. The van der Waals surface area contributed by atoms with E-state index in [9.17, 15) is 4.79 Å². The highest BCUT2D eigenvalue weighted by Gasteiger charge is 2.19. The zero-order valence-corrected chi connectivity index (χ0v) is 11.8. The number of methoxy groups -OCH3 is 1. The van der Waals surface area contributed by atoms with Crippen molar-refractivity contribution in [3.05, 3.63) is 32.9 Å². The molecule has 0 aliphatic heterocycles. The van der Waals surface area contributed by atoms with E-state index in [0.29, 0.717) is 10.7 Å². The van der Waals surface area contributed by atoms with Crippen LogP contribution in [-0.4, -0.2) is 18.1 Å². The number of aryl methyl sites for hydroxylation is 1. The molecule has 90 valence electrons. The molecule has 0 saturated carbocycles. The molecule has 0 aliphatic carbocycles. The summed E-state index contributed by atoms with van der Waals surface area (Å²) in [6.07, 6.45) is 0.726. The van der Waals surface area contributed by atoms with Crippen LogP contribution >= 0.6 is 27.5 Å². The second-order valence-electron chi connectivity index (χ2n) is 3.61. The Labute approximate surface area is 112 Å². The molecule has 0 spiro atoms. The average Bonchev–Trinajstić information content (AvgIpc) is 2.72. The molecule has 3 nitrogen and oxygen atoms in total. The zero-order chi connectivity index (χ0) is 12.6. The Morgan fingerprint density at radius 1 is 1.53 bits per heavy atom. The lowest BCUT2D eigenvalue weighted by atomic mass is 10.1. The third-order valence-electron chi connectivity index (χ3n) is 2.70. The maximum atomic E-state index is 11.7. The molecular formula is C12H11BrClNO2. The highest BCUT2D eigenvalue weighted by molar-refractivity contribution is 9.10. The number of fused-ring (bicyclic) bond motifs is 1. The van der Waals surface area contributed by atoms with Gasteiger partial charge in [0.25, 0.3) is 0 Å². The minimum absolute atomic E-state index is 0.360. The number of rotatable bonds is 2. The number of hydrogen-bond acceptors (Lipinski definition) is 2. The number of halogens is 2. The van der Waals surface area contributed by atoms with E-state index in [1.165, 1.54) is 7.11 Å². The molecule has 1 aromatic heterocycles. The molecule has 2 aromatic rings. The van der Waals surface area contributed by atoms with Crippen LogP contribution in [0.4, 0.5) is 0 Å². The third kappa shape index (κ3) is 1.96. The van der Waals surface area contributed by atoms with Crippen molar-refractivity contribution in [1.29, 1.82) is 0 Å². The van der Waals surface area contributed by atoms with Crippen LogP contribution in [0.15, 0.2) is 16.6 Å². The summed E-state index contributed by atoms with van der Waals surface area (Å²) in [5, 5.41) is 1.57. The van der Waals surface area contributed by atoms with Crippen molar-refractivity contribution in [2.75, 3.05) is 7.11 Å². The van der Waals surface area contributed by atoms with E-state index in [1.807, 2.05) is 13.0 Å². The lowest BCUT2D eigenvalue weighted by Gasteiger charge is -2.01. The number of aromatic amines is 1. The second-order valence-corrected chi connectivity index (χ2v) is 4.81. The monoisotopic (exact) mass is 315 g/mol. The first-order valence-corrected chi connectivity index (χ1v) is 6.34. The van der Waals surface area contributed by atoms with Gasteiger partial charge in [0, 0.05) is 15.4 Å². The molecule has 0 radical (unpaired) electrons. The number of carbonyl (C=O) groups excluding carboxylic acids is 1. The first kappa shape index (κ1) is 12.5. The summed E-state index contributed by atoms with van der Waals surface area (Å²) in [5.74, 6) is -0.360. The molecule has 0 aliphatic rings. The summed E-state index contributed by atoms with van der Waals surface area (Å²) in [7, 11) is 1.37. The van der Waals surface area contributed by atoms with Crippen LogP contribution in [0.2, 0.25) is 5.02 Å².